The average molecular weight is 366 g/mol. The van der Waals surface area contributed by atoms with Crippen molar-refractivity contribution in [1.29, 1.82) is 0 Å². The first-order valence-corrected chi connectivity index (χ1v) is 9.82. The van der Waals surface area contributed by atoms with E-state index in [1.54, 1.807) is 6.20 Å². The van der Waals surface area contributed by atoms with E-state index >= 15 is 0 Å². The second-order valence-corrected chi connectivity index (χ2v) is 7.47. The normalized spacial score (nSPS) is 18.9. The van der Waals surface area contributed by atoms with Crippen LogP contribution in [0.5, 0.6) is 0 Å². The lowest BCUT2D eigenvalue weighted by Gasteiger charge is -2.45. The summed E-state index contributed by atoms with van der Waals surface area (Å²) in [7, 11) is 0. The second-order valence-electron chi connectivity index (χ2n) is 7.47. The number of amides is 2. The number of hydrogen-bond donors (Lipinski definition) is 0. The fourth-order valence-corrected chi connectivity index (χ4v) is 4.02. The van der Waals surface area contributed by atoms with Crippen LogP contribution in [0.25, 0.3) is 0 Å². The van der Waals surface area contributed by atoms with E-state index in [4.69, 9.17) is 0 Å². The molecular formula is C21H26N4O2. The van der Waals surface area contributed by atoms with E-state index in [9.17, 15) is 9.59 Å². The number of nitrogens with zero attached hydrogens (tertiary/aromatic N) is 4. The molecule has 6 heteroatoms. The number of aromatic nitrogens is 2. The Bertz CT molecular complexity index is 801. The summed E-state index contributed by atoms with van der Waals surface area (Å²) in [5.41, 5.74) is 1.28. The van der Waals surface area contributed by atoms with E-state index < -0.39 is 5.54 Å². The van der Waals surface area contributed by atoms with Crippen molar-refractivity contribution in [2.24, 2.45) is 0 Å². The lowest BCUT2D eigenvalue weighted by molar-refractivity contribution is -0.147. The van der Waals surface area contributed by atoms with Crippen molar-refractivity contribution < 1.29 is 9.59 Å². The van der Waals surface area contributed by atoms with Gasteiger partial charge >= 0.3 is 0 Å². The second kappa shape index (κ2) is 7.18. The lowest BCUT2D eigenvalue weighted by atomic mass is 9.85. The van der Waals surface area contributed by atoms with E-state index in [2.05, 4.69) is 12.0 Å². The fraction of sp³-hybridized carbons (Fsp3) is 0.476. The van der Waals surface area contributed by atoms with Crippen LogP contribution in [0.15, 0.2) is 42.7 Å². The van der Waals surface area contributed by atoms with E-state index in [1.807, 2.05) is 51.0 Å². The van der Waals surface area contributed by atoms with Crippen molar-refractivity contribution in [3.05, 3.63) is 53.9 Å². The third kappa shape index (κ3) is 3.13. The zero-order valence-corrected chi connectivity index (χ0v) is 15.8. The number of likely N-dealkylation sites (tertiary alicyclic amines) is 2. The molecule has 2 aromatic rings. The van der Waals surface area contributed by atoms with E-state index in [-0.39, 0.29) is 11.8 Å². The van der Waals surface area contributed by atoms with Crippen molar-refractivity contribution >= 4 is 11.8 Å². The van der Waals surface area contributed by atoms with Crippen LogP contribution >= 0.6 is 0 Å². The van der Waals surface area contributed by atoms with Gasteiger partial charge in [0, 0.05) is 44.1 Å². The summed E-state index contributed by atoms with van der Waals surface area (Å²) in [4.78, 5) is 29.8. The Hall–Kier alpha value is -2.63. The molecule has 3 heterocycles. The van der Waals surface area contributed by atoms with Gasteiger partial charge < -0.3 is 9.80 Å². The molecular weight excluding hydrogens is 340 g/mol. The third-order valence-corrected chi connectivity index (χ3v) is 5.97. The Morgan fingerprint density at radius 3 is 2.26 bits per heavy atom. The molecule has 0 spiro atoms. The topological polar surface area (TPSA) is 58.4 Å². The minimum Gasteiger partial charge on any atom is -0.340 e. The number of rotatable bonds is 4. The Morgan fingerprint density at radius 1 is 1.04 bits per heavy atom. The van der Waals surface area contributed by atoms with Crippen LogP contribution in [0.2, 0.25) is 0 Å². The van der Waals surface area contributed by atoms with Gasteiger partial charge in [0.2, 0.25) is 0 Å². The van der Waals surface area contributed by atoms with Gasteiger partial charge in [-0.05, 0) is 49.4 Å². The molecule has 0 aliphatic carbocycles. The first-order chi connectivity index (χ1) is 13.1. The summed E-state index contributed by atoms with van der Waals surface area (Å²) in [6, 6.07) is 9.69. The number of piperidine rings is 1. The van der Waals surface area contributed by atoms with Crippen LogP contribution in [-0.4, -0.2) is 57.6 Å². The molecule has 27 heavy (non-hydrogen) atoms. The van der Waals surface area contributed by atoms with Crippen LogP contribution in [0, 0.1) is 0 Å². The zero-order valence-electron chi connectivity index (χ0n) is 15.8. The van der Waals surface area contributed by atoms with Crippen LogP contribution < -0.4 is 0 Å². The summed E-state index contributed by atoms with van der Waals surface area (Å²) in [5, 5.41) is 4.39. The largest absolute Gasteiger partial charge is 0.340 e. The Labute approximate surface area is 159 Å². The quantitative estimate of drug-likeness (QED) is 0.834. The maximum Gasteiger partial charge on any atom is 0.253 e. The van der Waals surface area contributed by atoms with E-state index in [0.717, 1.165) is 25.9 Å². The Morgan fingerprint density at radius 2 is 1.74 bits per heavy atom. The number of benzene rings is 1. The van der Waals surface area contributed by atoms with Crippen molar-refractivity contribution in [1.82, 2.24) is 19.6 Å². The molecule has 0 radical (unpaired) electrons. The van der Waals surface area contributed by atoms with Gasteiger partial charge in [0.1, 0.15) is 5.54 Å². The standard InChI is InChI=1S/C21H26N4O2/c1-2-17-5-7-18(8-6-17)19(26)23-15-9-21(10-16-23,25-14-3-11-22-25)20(27)24-12-4-13-24/h3,5-8,11,14H,2,4,9-10,12-13,15-16H2,1H3. The fourth-order valence-electron chi connectivity index (χ4n) is 4.02. The Kier molecular flexibility index (Phi) is 4.72. The summed E-state index contributed by atoms with van der Waals surface area (Å²) >= 11 is 0. The summed E-state index contributed by atoms with van der Waals surface area (Å²) in [6.07, 6.45) is 6.82. The minimum atomic E-state index is -0.660. The summed E-state index contributed by atoms with van der Waals surface area (Å²) < 4.78 is 1.81. The van der Waals surface area contributed by atoms with Crippen molar-refractivity contribution in [2.45, 2.75) is 38.1 Å². The molecule has 142 valence electrons. The molecule has 0 saturated carbocycles. The molecule has 1 aromatic heterocycles. The van der Waals surface area contributed by atoms with Crippen molar-refractivity contribution in [3.63, 3.8) is 0 Å². The smallest absolute Gasteiger partial charge is 0.253 e. The summed E-state index contributed by atoms with van der Waals surface area (Å²) in [5.74, 6) is 0.194. The molecule has 0 unspecified atom stereocenters. The van der Waals surface area contributed by atoms with Gasteiger partial charge in [-0.3, -0.25) is 14.3 Å². The van der Waals surface area contributed by atoms with Crippen LogP contribution in [-0.2, 0) is 16.8 Å². The Balaban J connectivity index is 1.51. The van der Waals surface area contributed by atoms with Gasteiger partial charge in [0.05, 0.1) is 0 Å². The van der Waals surface area contributed by atoms with Crippen LogP contribution in [0.1, 0.15) is 42.1 Å². The summed E-state index contributed by atoms with van der Waals surface area (Å²) in [6.45, 7) is 4.88. The molecule has 2 amide bonds. The SMILES string of the molecule is CCc1ccc(C(=O)N2CCC(C(=O)N3CCC3)(n3cccn3)CC2)cc1. The first-order valence-electron chi connectivity index (χ1n) is 9.82. The molecule has 0 bridgehead atoms. The minimum absolute atomic E-state index is 0.0446. The molecule has 2 aliphatic heterocycles. The molecule has 4 rings (SSSR count). The van der Waals surface area contributed by atoms with Gasteiger partial charge in [-0.15, -0.1) is 0 Å². The van der Waals surface area contributed by atoms with Gasteiger partial charge in [0.25, 0.3) is 11.8 Å². The highest BCUT2D eigenvalue weighted by Gasteiger charge is 2.47. The maximum atomic E-state index is 13.2. The van der Waals surface area contributed by atoms with Gasteiger partial charge in [-0.2, -0.15) is 5.10 Å². The average Bonchev–Trinajstić information content (AvgIpc) is 3.21. The van der Waals surface area contributed by atoms with Gasteiger partial charge in [-0.1, -0.05) is 19.1 Å². The molecule has 0 atom stereocenters. The molecule has 6 nitrogen and oxygen atoms in total. The van der Waals surface area contributed by atoms with Crippen molar-refractivity contribution in [3.8, 4) is 0 Å². The molecule has 0 N–H and O–H groups in total. The monoisotopic (exact) mass is 366 g/mol. The predicted molar refractivity (Wildman–Crippen MR) is 102 cm³/mol. The van der Waals surface area contributed by atoms with Crippen LogP contribution in [0.3, 0.4) is 0 Å². The highest BCUT2D eigenvalue weighted by atomic mass is 16.2. The van der Waals surface area contributed by atoms with Gasteiger partial charge in [-0.25, -0.2) is 0 Å². The molecule has 2 fully saturated rings. The van der Waals surface area contributed by atoms with E-state index in [1.165, 1.54) is 5.56 Å². The number of carbonyl (C=O) groups excluding carboxylic acids is 2. The third-order valence-electron chi connectivity index (χ3n) is 5.97. The highest BCUT2D eigenvalue weighted by Crippen LogP contribution is 2.33. The molecule has 2 aliphatic rings. The number of carbonyl (C=O) groups is 2. The van der Waals surface area contributed by atoms with E-state index in [0.29, 0.717) is 31.5 Å². The number of hydrogen-bond acceptors (Lipinski definition) is 3. The lowest BCUT2D eigenvalue weighted by Crippen LogP contribution is -2.59. The first kappa shape index (κ1) is 17.8. The van der Waals surface area contributed by atoms with Crippen molar-refractivity contribution in [2.75, 3.05) is 26.2 Å². The highest BCUT2D eigenvalue weighted by molar-refractivity contribution is 5.94. The van der Waals surface area contributed by atoms with Crippen LogP contribution in [0.4, 0.5) is 0 Å². The molecule has 2 saturated heterocycles. The van der Waals surface area contributed by atoms with Gasteiger partial charge in [0.15, 0.2) is 0 Å². The zero-order chi connectivity index (χ0) is 18.9. The molecule has 1 aromatic carbocycles. The number of aryl methyl sites for hydroxylation is 1. The maximum absolute atomic E-state index is 13.2. The predicted octanol–water partition coefficient (Wildman–Crippen LogP) is 2.31.